The Morgan fingerprint density at radius 2 is 1.94 bits per heavy atom. The number of aryl methyl sites for hydroxylation is 1. The summed E-state index contributed by atoms with van der Waals surface area (Å²) in [4.78, 5) is 0. The molecule has 3 heteroatoms. The predicted molar refractivity (Wildman–Crippen MR) is 77.3 cm³/mol. The van der Waals surface area contributed by atoms with Crippen molar-refractivity contribution in [3.63, 3.8) is 0 Å². The van der Waals surface area contributed by atoms with Crippen molar-refractivity contribution in [1.82, 2.24) is 0 Å². The highest BCUT2D eigenvalue weighted by atomic mass is 35.5. The molecule has 0 bridgehead atoms. The average Bonchev–Trinajstić information content (AvgIpc) is 2.31. The van der Waals surface area contributed by atoms with E-state index in [4.69, 9.17) is 23.2 Å². The van der Waals surface area contributed by atoms with Crippen LogP contribution in [0.3, 0.4) is 0 Å². The first-order valence-corrected chi connectivity index (χ1v) is 7.83. The Labute approximate surface area is 113 Å². The molecule has 16 heavy (non-hydrogen) atoms. The first-order valence-electron chi connectivity index (χ1n) is 5.36. The lowest BCUT2D eigenvalue weighted by atomic mass is 9.81. The van der Waals surface area contributed by atoms with Gasteiger partial charge >= 0.3 is 0 Å². The van der Waals surface area contributed by atoms with Crippen LogP contribution in [0.15, 0.2) is 24.3 Å². The van der Waals surface area contributed by atoms with Crippen molar-refractivity contribution in [3.05, 3.63) is 35.4 Å². The summed E-state index contributed by atoms with van der Waals surface area (Å²) in [6.07, 6.45) is 3.15. The quantitative estimate of drug-likeness (QED) is 0.692. The molecule has 0 aliphatic heterocycles. The summed E-state index contributed by atoms with van der Waals surface area (Å²) >= 11 is 14.1. The third-order valence-corrected chi connectivity index (χ3v) is 4.56. The molecule has 0 saturated heterocycles. The highest BCUT2D eigenvalue weighted by molar-refractivity contribution is 7.98. The Morgan fingerprint density at radius 3 is 2.44 bits per heavy atom. The summed E-state index contributed by atoms with van der Waals surface area (Å²) < 4.78 is 0. The van der Waals surface area contributed by atoms with E-state index in [2.05, 4.69) is 37.4 Å². The van der Waals surface area contributed by atoms with Gasteiger partial charge in [-0.2, -0.15) is 11.8 Å². The van der Waals surface area contributed by atoms with Crippen LogP contribution in [-0.2, 0) is 5.41 Å². The molecule has 0 amide bonds. The third-order valence-electron chi connectivity index (χ3n) is 2.93. The molecule has 0 aliphatic rings. The van der Waals surface area contributed by atoms with Crippen LogP contribution in [0.25, 0.3) is 0 Å². The fourth-order valence-corrected chi connectivity index (χ4v) is 3.20. The lowest BCUT2D eigenvalue weighted by Crippen LogP contribution is -2.31. The van der Waals surface area contributed by atoms with Crippen LogP contribution in [0.1, 0.15) is 17.5 Å². The van der Waals surface area contributed by atoms with Gasteiger partial charge in [0.25, 0.3) is 0 Å². The largest absolute Gasteiger partial charge is 0.165 e. The third kappa shape index (κ3) is 3.32. The molecule has 1 aromatic carbocycles. The van der Waals surface area contributed by atoms with Gasteiger partial charge < -0.3 is 0 Å². The van der Waals surface area contributed by atoms with Crippen LogP contribution in [0, 0.1) is 6.92 Å². The van der Waals surface area contributed by atoms with Crippen molar-refractivity contribution in [1.29, 1.82) is 0 Å². The minimum Gasteiger partial charge on any atom is -0.165 e. The van der Waals surface area contributed by atoms with Crippen molar-refractivity contribution in [2.24, 2.45) is 0 Å². The van der Waals surface area contributed by atoms with Crippen LogP contribution in [-0.4, -0.2) is 23.8 Å². The van der Waals surface area contributed by atoms with E-state index in [1.165, 1.54) is 11.1 Å². The van der Waals surface area contributed by atoms with E-state index in [0.29, 0.717) is 11.8 Å². The van der Waals surface area contributed by atoms with Gasteiger partial charge in [0.2, 0.25) is 0 Å². The van der Waals surface area contributed by atoms with Crippen molar-refractivity contribution in [2.45, 2.75) is 18.8 Å². The molecule has 0 spiro atoms. The maximum Gasteiger partial charge on any atom is 0.0332 e. The van der Waals surface area contributed by atoms with Crippen molar-refractivity contribution < 1.29 is 0 Å². The van der Waals surface area contributed by atoms with Gasteiger partial charge in [-0.25, -0.2) is 0 Å². The molecule has 0 aromatic heterocycles. The van der Waals surface area contributed by atoms with Gasteiger partial charge in [-0.1, -0.05) is 29.8 Å². The molecule has 0 heterocycles. The van der Waals surface area contributed by atoms with Gasteiger partial charge in [0, 0.05) is 17.2 Å². The summed E-state index contributed by atoms with van der Waals surface area (Å²) in [5.74, 6) is 2.26. The minimum absolute atomic E-state index is 0.0713. The van der Waals surface area contributed by atoms with E-state index in [1.807, 2.05) is 11.8 Å². The first-order chi connectivity index (χ1) is 7.68. The number of benzene rings is 1. The molecule has 1 aromatic rings. The fraction of sp³-hybridized carbons (Fsp3) is 0.538. The highest BCUT2D eigenvalue weighted by Gasteiger charge is 2.30. The molecule has 0 unspecified atom stereocenters. The van der Waals surface area contributed by atoms with E-state index in [9.17, 15) is 0 Å². The second-order valence-corrected chi connectivity index (χ2v) is 5.68. The average molecular weight is 277 g/mol. The highest BCUT2D eigenvalue weighted by Crippen LogP contribution is 2.32. The molecule has 0 N–H and O–H groups in total. The van der Waals surface area contributed by atoms with Crippen molar-refractivity contribution >= 4 is 35.0 Å². The number of hydrogen-bond acceptors (Lipinski definition) is 1. The van der Waals surface area contributed by atoms with E-state index >= 15 is 0 Å². The summed E-state index contributed by atoms with van der Waals surface area (Å²) in [6, 6.07) is 8.52. The molecular weight excluding hydrogens is 259 g/mol. The lowest BCUT2D eigenvalue weighted by molar-refractivity contribution is 0.524. The van der Waals surface area contributed by atoms with Crippen molar-refractivity contribution in [2.75, 3.05) is 23.8 Å². The van der Waals surface area contributed by atoms with Crippen LogP contribution in [0.4, 0.5) is 0 Å². The van der Waals surface area contributed by atoms with Crippen LogP contribution in [0.5, 0.6) is 0 Å². The van der Waals surface area contributed by atoms with E-state index in [1.54, 1.807) is 0 Å². The summed E-state index contributed by atoms with van der Waals surface area (Å²) in [5.41, 5.74) is 2.46. The van der Waals surface area contributed by atoms with Crippen LogP contribution in [0.2, 0.25) is 0 Å². The topological polar surface area (TPSA) is 0 Å². The molecule has 0 aliphatic carbocycles. The Morgan fingerprint density at radius 1 is 1.25 bits per heavy atom. The van der Waals surface area contributed by atoms with Crippen LogP contribution < -0.4 is 0 Å². The molecular formula is C13H18Cl2S. The SMILES string of the molecule is CSCCC(CCl)(CCl)c1cccc(C)c1. The standard InChI is InChI=1S/C13H18Cl2S/c1-11-4-3-5-12(8-11)13(9-14,10-15)6-7-16-2/h3-5,8H,6-7,9-10H2,1-2H3. The zero-order chi connectivity index (χ0) is 12.0. The predicted octanol–water partition coefficient (Wildman–Crippen LogP) is 4.46. The maximum atomic E-state index is 6.15. The molecule has 0 atom stereocenters. The lowest BCUT2D eigenvalue weighted by Gasteiger charge is -2.30. The van der Waals surface area contributed by atoms with E-state index < -0.39 is 0 Å². The monoisotopic (exact) mass is 276 g/mol. The number of rotatable bonds is 6. The summed E-state index contributed by atoms with van der Waals surface area (Å²) in [5, 5.41) is 0. The van der Waals surface area contributed by atoms with Gasteiger partial charge in [-0.15, -0.1) is 23.2 Å². The molecule has 1 rings (SSSR count). The summed E-state index contributed by atoms with van der Waals surface area (Å²) in [6.45, 7) is 2.10. The number of halogens is 2. The number of hydrogen-bond donors (Lipinski definition) is 0. The summed E-state index contributed by atoms with van der Waals surface area (Å²) in [7, 11) is 0. The van der Waals surface area contributed by atoms with Gasteiger partial charge in [0.05, 0.1) is 0 Å². The fourth-order valence-electron chi connectivity index (χ4n) is 1.74. The number of alkyl halides is 2. The zero-order valence-corrected chi connectivity index (χ0v) is 12.1. The molecule has 90 valence electrons. The van der Waals surface area contributed by atoms with Crippen LogP contribution >= 0.6 is 35.0 Å². The Hall–Kier alpha value is 0.150. The normalized spacial score (nSPS) is 11.8. The number of thioether (sulfide) groups is 1. The molecule has 0 fully saturated rings. The van der Waals surface area contributed by atoms with Gasteiger partial charge in [0.15, 0.2) is 0 Å². The second kappa shape index (κ2) is 6.78. The molecule has 0 nitrogen and oxygen atoms in total. The molecule has 0 saturated carbocycles. The Balaban J connectivity index is 2.99. The Bertz CT molecular complexity index is 321. The zero-order valence-electron chi connectivity index (χ0n) is 9.80. The first kappa shape index (κ1) is 14.2. The second-order valence-electron chi connectivity index (χ2n) is 4.16. The van der Waals surface area contributed by atoms with Gasteiger partial charge in [-0.3, -0.25) is 0 Å². The maximum absolute atomic E-state index is 6.15. The minimum atomic E-state index is -0.0713. The van der Waals surface area contributed by atoms with E-state index in [-0.39, 0.29) is 5.41 Å². The molecule has 0 radical (unpaired) electrons. The van der Waals surface area contributed by atoms with E-state index in [0.717, 1.165) is 12.2 Å². The smallest absolute Gasteiger partial charge is 0.0332 e. The van der Waals surface area contributed by atoms with Crippen molar-refractivity contribution in [3.8, 4) is 0 Å². The van der Waals surface area contributed by atoms with Gasteiger partial charge in [0.1, 0.15) is 0 Å². The van der Waals surface area contributed by atoms with Gasteiger partial charge in [-0.05, 0) is 30.9 Å². The Kier molecular flexibility index (Phi) is 6.02.